The topological polar surface area (TPSA) is 63.1 Å². The van der Waals surface area contributed by atoms with E-state index < -0.39 is 28.9 Å². The molecule has 0 unspecified atom stereocenters. The van der Waals surface area contributed by atoms with E-state index in [0.29, 0.717) is 11.8 Å². The van der Waals surface area contributed by atoms with Gasteiger partial charge in [0.1, 0.15) is 11.6 Å². The molecule has 132 valence electrons. The molecule has 3 aromatic rings. The molecular formula is C18H12F3N3O2. The second kappa shape index (κ2) is 7.14. The molecule has 1 aromatic heterocycles. The van der Waals surface area contributed by atoms with Crippen molar-refractivity contribution in [1.82, 2.24) is 9.99 Å². The number of carbonyl (C=O) groups excluding carboxylic acids is 1. The molecule has 3 rings (SSSR count). The van der Waals surface area contributed by atoms with Gasteiger partial charge in [0.15, 0.2) is 5.82 Å². The predicted molar refractivity (Wildman–Crippen MR) is 89.4 cm³/mol. The van der Waals surface area contributed by atoms with Crippen molar-refractivity contribution >= 4 is 11.6 Å². The van der Waals surface area contributed by atoms with Crippen LogP contribution in [-0.4, -0.2) is 10.5 Å². The van der Waals surface area contributed by atoms with E-state index in [4.69, 9.17) is 0 Å². The van der Waals surface area contributed by atoms with E-state index in [2.05, 4.69) is 10.9 Å². The van der Waals surface area contributed by atoms with Crippen molar-refractivity contribution in [3.63, 3.8) is 0 Å². The number of nitrogens with zero attached hydrogens (tertiary/aromatic N) is 1. The van der Waals surface area contributed by atoms with Crippen molar-refractivity contribution in [2.75, 3.05) is 5.43 Å². The summed E-state index contributed by atoms with van der Waals surface area (Å²) >= 11 is 0. The Morgan fingerprint density at radius 2 is 1.58 bits per heavy atom. The highest BCUT2D eigenvalue weighted by Gasteiger charge is 2.10. The van der Waals surface area contributed by atoms with Crippen LogP contribution in [0.25, 0.3) is 5.69 Å². The molecule has 5 nitrogen and oxygen atoms in total. The van der Waals surface area contributed by atoms with Crippen LogP contribution in [0.15, 0.2) is 65.6 Å². The van der Waals surface area contributed by atoms with E-state index in [0.717, 1.165) is 12.1 Å². The molecule has 8 heteroatoms. The summed E-state index contributed by atoms with van der Waals surface area (Å²) in [6, 6.07) is 10.5. The number of carbonyl (C=O) groups is 1. The third-order valence-corrected chi connectivity index (χ3v) is 3.52. The highest BCUT2D eigenvalue weighted by molar-refractivity contribution is 5.94. The number of anilines is 1. The summed E-state index contributed by atoms with van der Waals surface area (Å²) in [6.07, 6.45) is 1.27. The van der Waals surface area contributed by atoms with Gasteiger partial charge in [0, 0.05) is 24.0 Å². The predicted octanol–water partition coefficient (Wildman–Crippen LogP) is 3.01. The fourth-order valence-electron chi connectivity index (χ4n) is 2.21. The van der Waals surface area contributed by atoms with Crippen molar-refractivity contribution in [2.45, 2.75) is 0 Å². The Balaban J connectivity index is 1.80. The van der Waals surface area contributed by atoms with Gasteiger partial charge in [-0.2, -0.15) is 0 Å². The first-order valence-electron chi connectivity index (χ1n) is 7.44. The third kappa shape index (κ3) is 3.75. The summed E-state index contributed by atoms with van der Waals surface area (Å²) in [5.41, 5.74) is 4.55. The van der Waals surface area contributed by atoms with Gasteiger partial charge < -0.3 is 0 Å². The van der Waals surface area contributed by atoms with E-state index in [1.807, 2.05) is 0 Å². The summed E-state index contributed by atoms with van der Waals surface area (Å²) in [6.45, 7) is 0. The lowest BCUT2D eigenvalue weighted by atomic mass is 10.2. The van der Waals surface area contributed by atoms with E-state index in [-0.39, 0.29) is 11.3 Å². The molecule has 0 bridgehead atoms. The minimum Gasteiger partial charge on any atom is -0.295 e. The first-order chi connectivity index (χ1) is 12.4. The summed E-state index contributed by atoms with van der Waals surface area (Å²) in [5, 5.41) is 0. The molecule has 0 aliphatic carbocycles. The Kier molecular flexibility index (Phi) is 4.74. The number of amides is 1. The first kappa shape index (κ1) is 17.3. The summed E-state index contributed by atoms with van der Waals surface area (Å²) < 4.78 is 40.6. The highest BCUT2D eigenvalue weighted by atomic mass is 19.1. The molecule has 1 amide bonds. The Labute approximate surface area is 145 Å². The average molecular weight is 359 g/mol. The van der Waals surface area contributed by atoms with Gasteiger partial charge in [-0.3, -0.25) is 25.0 Å². The van der Waals surface area contributed by atoms with Crippen LogP contribution in [0.2, 0.25) is 0 Å². The second-order valence-corrected chi connectivity index (χ2v) is 5.31. The lowest BCUT2D eigenvalue weighted by Crippen LogP contribution is -2.31. The number of halogens is 3. The third-order valence-electron chi connectivity index (χ3n) is 3.52. The molecule has 0 fully saturated rings. The highest BCUT2D eigenvalue weighted by Crippen LogP contribution is 2.14. The lowest BCUT2D eigenvalue weighted by Gasteiger charge is -2.11. The van der Waals surface area contributed by atoms with Gasteiger partial charge in [-0.15, -0.1) is 0 Å². The van der Waals surface area contributed by atoms with E-state index in [1.165, 1.54) is 47.2 Å². The molecule has 0 atom stereocenters. The molecule has 0 spiro atoms. The number of nitrogens with one attached hydrogen (secondary N) is 2. The van der Waals surface area contributed by atoms with Gasteiger partial charge in [0.2, 0.25) is 0 Å². The van der Waals surface area contributed by atoms with Crippen LogP contribution < -0.4 is 16.4 Å². The minimum atomic E-state index is -0.874. The summed E-state index contributed by atoms with van der Waals surface area (Å²) in [5.74, 6) is -2.72. The number of hydrogen-bond donors (Lipinski definition) is 2. The second-order valence-electron chi connectivity index (χ2n) is 5.31. The van der Waals surface area contributed by atoms with E-state index in [1.54, 1.807) is 0 Å². The van der Waals surface area contributed by atoms with Gasteiger partial charge in [-0.25, -0.2) is 13.2 Å². The van der Waals surface area contributed by atoms with Gasteiger partial charge in [0.25, 0.3) is 11.5 Å². The van der Waals surface area contributed by atoms with Crippen LogP contribution in [0.1, 0.15) is 10.4 Å². The van der Waals surface area contributed by atoms with Crippen LogP contribution in [0.3, 0.4) is 0 Å². The van der Waals surface area contributed by atoms with Crippen molar-refractivity contribution in [2.24, 2.45) is 0 Å². The molecule has 1 heterocycles. The molecule has 2 aromatic carbocycles. The number of hydrazine groups is 1. The number of rotatable bonds is 4. The van der Waals surface area contributed by atoms with Gasteiger partial charge in [-0.05, 0) is 42.5 Å². The van der Waals surface area contributed by atoms with Gasteiger partial charge in [0.05, 0.1) is 11.3 Å². The van der Waals surface area contributed by atoms with Crippen molar-refractivity contribution in [3.05, 3.63) is 94.2 Å². The largest absolute Gasteiger partial charge is 0.295 e. The first-order valence-corrected chi connectivity index (χ1v) is 7.44. The smallest absolute Gasteiger partial charge is 0.271 e. The Morgan fingerprint density at radius 1 is 0.885 bits per heavy atom. The van der Waals surface area contributed by atoms with Gasteiger partial charge in [-0.1, -0.05) is 0 Å². The van der Waals surface area contributed by atoms with Crippen LogP contribution in [0.5, 0.6) is 0 Å². The molecule has 0 radical (unpaired) electrons. The number of hydrogen-bond acceptors (Lipinski definition) is 3. The Morgan fingerprint density at radius 3 is 2.27 bits per heavy atom. The fraction of sp³-hybridized carbons (Fsp3) is 0. The normalized spacial score (nSPS) is 10.4. The zero-order valence-corrected chi connectivity index (χ0v) is 13.2. The number of aromatic nitrogens is 1. The maximum absolute atomic E-state index is 13.5. The van der Waals surface area contributed by atoms with Crippen LogP contribution in [-0.2, 0) is 0 Å². The summed E-state index contributed by atoms with van der Waals surface area (Å²) in [4.78, 5) is 24.2. The molecule has 0 aliphatic rings. The van der Waals surface area contributed by atoms with Crippen LogP contribution in [0.4, 0.5) is 18.9 Å². The van der Waals surface area contributed by atoms with Crippen LogP contribution >= 0.6 is 0 Å². The molecule has 2 N–H and O–H groups in total. The Bertz CT molecular complexity index is 1020. The molecule has 0 aliphatic heterocycles. The zero-order valence-electron chi connectivity index (χ0n) is 13.2. The average Bonchev–Trinajstić information content (AvgIpc) is 2.62. The minimum absolute atomic E-state index is 0.101. The number of pyridine rings is 1. The fourth-order valence-corrected chi connectivity index (χ4v) is 2.21. The molecular weight excluding hydrogens is 347 g/mol. The van der Waals surface area contributed by atoms with Crippen molar-refractivity contribution in [1.29, 1.82) is 0 Å². The van der Waals surface area contributed by atoms with Crippen molar-refractivity contribution < 1.29 is 18.0 Å². The van der Waals surface area contributed by atoms with Crippen LogP contribution in [0, 0.1) is 17.5 Å². The molecule has 0 saturated carbocycles. The van der Waals surface area contributed by atoms with E-state index in [9.17, 15) is 22.8 Å². The Hall–Kier alpha value is -3.55. The van der Waals surface area contributed by atoms with Gasteiger partial charge >= 0.3 is 0 Å². The zero-order chi connectivity index (χ0) is 18.7. The SMILES string of the molecule is O=C(NNc1ccc(F)cc1F)c1ccc(=O)n(-c2ccc(F)cc2)c1. The van der Waals surface area contributed by atoms with E-state index >= 15 is 0 Å². The lowest BCUT2D eigenvalue weighted by molar-refractivity contribution is 0.0962. The summed E-state index contributed by atoms with van der Waals surface area (Å²) in [7, 11) is 0. The molecule has 26 heavy (non-hydrogen) atoms. The standard InChI is InChI=1S/C18H12F3N3O2/c19-12-2-5-14(6-3-12)24-10-11(1-8-17(24)25)18(26)23-22-16-7-4-13(20)9-15(16)21/h1-10,22H,(H,23,26). The maximum atomic E-state index is 13.5. The maximum Gasteiger partial charge on any atom is 0.271 e. The number of benzene rings is 2. The molecule has 0 saturated heterocycles. The van der Waals surface area contributed by atoms with Crippen molar-refractivity contribution in [3.8, 4) is 5.69 Å². The monoisotopic (exact) mass is 359 g/mol. The quantitative estimate of drug-likeness (QED) is 0.704.